The number of fused-ring (bicyclic) bond motifs is 1. The lowest BCUT2D eigenvalue weighted by Crippen LogP contribution is -2.49. The maximum absolute atomic E-state index is 14.6. The van der Waals surface area contributed by atoms with Crippen LogP contribution in [0.4, 0.5) is 10.2 Å². The Bertz CT molecular complexity index is 1130. The van der Waals surface area contributed by atoms with E-state index in [1.54, 1.807) is 18.5 Å². The van der Waals surface area contributed by atoms with Crippen molar-refractivity contribution in [2.75, 3.05) is 25.0 Å². The fraction of sp³-hybridized carbons (Fsp3) is 0.455. The summed E-state index contributed by atoms with van der Waals surface area (Å²) in [6.07, 6.45) is 8.52. The molecule has 2 atom stereocenters. The van der Waals surface area contributed by atoms with E-state index in [-0.39, 0.29) is 23.9 Å². The van der Waals surface area contributed by atoms with Gasteiger partial charge in [-0.3, -0.25) is 4.79 Å². The third-order valence-electron chi connectivity index (χ3n) is 6.01. The molecule has 8 nitrogen and oxygen atoms in total. The number of aromatic amines is 1. The highest BCUT2D eigenvalue weighted by atomic mass is 35.5. The quantitative estimate of drug-likeness (QED) is 0.617. The normalized spacial score (nSPS) is 21.6. The van der Waals surface area contributed by atoms with Gasteiger partial charge in [-0.1, -0.05) is 11.6 Å². The number of pyridine rings is 1. The first-order chi connectivity index (χ1) is 15.6. The summed E-state index contributed by atoms with van der Waals surface area (Å²) in [5.41, 5.74) is 1.34. The SMILES string of the molecule is O=C(C1CCCCO1)N1CCC[C@H](Nc2nc(-c3c[nH]c4ncc(Cl)cc34)ncc2F)C1. The molecule has 10 heteroatoms. The van der Waals surface area contributed by atoms with Crippen LogP contribution in [0.15, 0.2) is 24.7 Å². The fourth-order valence-electron chi connectivity index (χ4n) is 4.39. The minimum absolute atomic E-state index is 0.0308. The second kappa shape index (κ2) is 8.99. The van der Waals surface area contributed by atoms with Gasteiger partial charge >= 0.3 is 0 Å². The van der Waals surface area contributed by atoms with E-state index in [2.05, 4.69) is 25.3 Å². The van der Waals surface area contributed by atoms with Gasteiger partial charge in [-0.15, -0.1) is 0 Å². The van der Waals surface area contributed by atoms with E-state index in [9.17, 15) is 9.18 Å². The Hall–Kier alpha value is -2.78. The zero-order chi connectivity index (χ0) is 22.1. The van der Waals surface area contributed by atoms with Crippen molar-refractivity contribution in [3.05, 3.63) is 35.5 Å². The Morgan fingerprint density at radius 2 is 2.16 bits per heavy atom. The van der Waals surface area contributed by atoms with Crippen molar-refractivity contribution in [2.24, 2.45) is 0 Å². The third-order valence-corrected chi connectivity index (χ3v) is 6.22. The van der Waals surface area contributed by atoms with Gasteiger partial charge in [-0.2, -0.15) is 0 Å². The molecule has 2 N–H and O–H groups in total. The van der Waals surface area contributed by atoms with Crippen LogP contribution in [0.1, 0.15) is 32.1 Å². The number of likely N-dealkylation sites (tertiary alicyclic amines) is 1. The summed E-state index contributed by atoms with van der Waals surface area (Å²) < 4.78 is 20.2. The van der Waals surface area contributed by atoms with Gasteiger partial charge < -0.3 is 19.9 Å². The van der Waals surface area contributed by atoms with E-state index in [1.165, 1.54) is 0 Å². The number of nitrogens with one attached hydrogen (secondary N) is 2. The van der Waals surface area contributed by atoms with Crippen LogP contribution in [-0.2, 0) is 9.53 Å². The molecule has 168 valence electrons. The molecule has 2 aliphatic heterocycles. The highest BCUT2D eigenvalue weighted by Gasteiger charge is 2.31. The standard InChI is InChI=1S/C22H24ClFN6O2/c23-13-8-15-16(10-26-19(15)25-9-13)20-27-11-17(24)21(29-20)28-14-4-3-6-30(12-14)22(31)18-5-1-2-7-32-18/h8-11,14,18H,1-7,12H2,(H,25,26)(H,27,28,29)/t14-,18?/m0/s1. The van der Waals surface area contributed by atoms with Crippen LogP contribution < -0.4 is 5.32 Å². The van der Waals surface area contributed by atoms with Crippen molar-refractivity contribution in [1.82, 2.24) is 24.8 Å². The van der Waals surface area contributed by atoms with Crippen molar-refractivity contribution >= 4 is 34.4 Å². The summed E-state index contributed by atoms with van der Waals surface area (Å²) in [5.74, 6) is -0.0249. The number of H-pyrrole nitrogens is 1. The number of amides is 1. The Morgan fingerprint density at radius 1 is 1.25 bits per heavy atom. The lowest BCUT2D eigenvalue weighted by molar-refractivity contribution is -0.147. The number of halogens is 2. The van der Waals surface area contributed by atoms with Crippen LogP contribution in [-0.4, -0.2) is 62.6 Å². The predicted molar refractivity (Wildman–Crippen MR) is 119 cm³/mol. The second-order valence-electron chi connectivity index (χ2n) is 8.27. The largest absolute Gasteiger partial charge is 0.368 e. The number of nitrogens with zero attached hydrogens (tertiary/aromatic N) is 4. The summed E-state index contributed by atoms with van der Waals surface area (Å²) in [4.78, 5) is 30.6. The van der Waals surface area contributed by atoms with Gasteiger partial charge in [0, 0.05) is 49.1 Å². The van der Waals surface area contributed by atoms with Crippen molar-refractivity contribution in [3.8, 4) is 11.4 Å². The topological polar surface area (TPSA) is 96.0 Å². The summed E-state index contributed by atoms with van der Waals surface area (Å²) in [6.45, 7) is 1.82. The van der Waals surface area contributed by atoms with Crippen molar-refractivity contribution in [3.63, 3.8) is 0 Å². The van der Waals surface area contributed by atoms with Gasteiger partial charge in [0.15, 0.2) is 17.5 Å². The summed E-state index contributed by atoms with van der Waals surface area (Å²) in [5, 5.41) is 4.44. The molecule has 2 fully saturated rings. The summed E-state index contributed by atoms with van der Waals surface area (Å²) >= 11 is 6.08. The number of hydrogen-bond donors (Lipinski definition) is 2. The smallest absolute Gasteiger partial charge is 0.251 e. The molecule has 5 rings (SSSR count). The summed E-state index contributed by atoms with van der Waals surface area (Å²) in [7, 11) is 0. The lowest BCUT2D eigenvalue weighted by atomic mass is 10.0. The molecule has 5 heterocycles. The zero-order valence-electron chi connectivity index (χ0n) is 17.5. The molecule has 0 bridgehead atoms. The number of rotatable bonds is 4. The van der Waals surface area contributed by atoms with E-state index >= 15 is 0 Å². The molecule has 3 aromatic heterocycles. The van der Waals surface area contributed by atoms with Crippen molar-refractivity contribution in [2.45, 2.75) is 44.2 Å². The highest BCUT2D eigenvalue weighted by molar-refractivity contribution is 6.31. The molecule has 2 saturated heterocycles. The molecule has 2 aliphatic rings. The molecule has 32 heavy (non-hydrogen) atoms. The van der Waals surface area contributed by atoms with Crippen LogP contribution >= 0.6 is 11.6 Å². The van der Waals surface area contributed by atoms with Crippen molar-refractivity contribution < 1.29 is 13.9 Å². The first-order valence-electron chi connectivity index (χ1n) is 10.9. The number of ether oxygens (including phenoxy) is 1. The molecular formula is C22H24ClFN6O2. The third kappa shape index (κ3) is 4.27. The lowest BCUT2D eigenvalue weighted by Gasteiger charge is -2.36. The molecule has 0 aromatic carbocycles. The first kappa shape index (κ1) is 21.1. The molecule has 0 radical (unpaired) electrons. The second-order valence-corrected chi connectivity index (χ2v) is 8.70. The van der Waals surface area contributed by atoms with E-state index in [0.29, 0.717) is 41.8 Å². The number of carbonyl (C=O) groups is 1. The van der Waals surface area contributed by atoms with Crippen LogP contribution in [0, 0.1) is 5.82 Å². The number of hydrogen-bond acceptors (Lipinski definition) is 6. The highest BCUT2D eigenvalue weighted by Crippen LogP contribution is 2.29. The van der Waals surface area contributed by atoms with Crippen LogP contribution in [0.25, 0.3) is 22.4 Å². The average Bonchev–Trinajstić information content (AvgIpc) is 3.24. The molecular weight excluding hydrogens is 435 g/mol. The van der Waals surface area contributed by atoms with Gasteiger partial charge in [-0.25, -0.2) is 19.3 Å². The van der Waals surface area contributed by atoms with E-state index in [1.807, 2.05) is 4.90 Å². The van der Waals surface area contributed by atoms with Crippen LogP contribution in [0.3, 0.4) is 0 Å². The molecule has 0 spiro atoms. The van der Waals surface area contributed by atoms with Gasteiger partial charge in [0.1, 0.15) is 11.8 Å². The Labute approximate surface area is 189 Å². The van der Waals surface area contributed by atoms with Gasteiger partial charge in [0.25, 0.3) is 5.91 Å². The Morgan fingerprint density at radius 3 is 3.00 bits per heavy atom. The van der Waals surface area contributed by atoms with Crippen LogP contribution in [0.2, 0.25) is 5.02 Å². The molecule has 0 aliphatic carbocycles. The number of anilines is 1. The maximum atomic E-state index is 14.6. The molecule has 0 saturated carbocycles. The zero-order valence-corrected chi connectivity index (χ0v) is 18.2. The van der Waals surface area contributed by atoms with Gasteiger partial charge in [0.2, 0.25) is 0 Å². The van der Waals surface area contributed by atoms with Crippen LogP contribution in [0.5, 0.6) is 0 Å². The van der Waals surface area contributed by atoms with Gasteiger partial charge in [-0.05, 0) is 38.2 Å². The van der Waals surface area contributed by atoms with E-state index in [0.717, 1.165) is 43.7 Å². The predicted octanol–water partition coefficient (Wildman–Crippen LogP) is 3.78. The fourth-order valence-corrected chi connectivity index (χ4v) is 4.55. The average molecular weight is 459 g/mol. The maximum Gasteiger partial charge on any atom is 0.251 e. The first-order valence-corrected chi connectivity index (χ1v) is 11.3. The number of aromatic nitrogens is 4. The Kier molecular flexibility index (Phi) is 5.93. The molecule has 3 aromatic rings. The monoisotopic (exact) mass is 458 g/mol. The Balaban J connectivity index is 1.34. The van der Waals surface area contributed by atoms with E-state index < -0.39 is 5.82 Å². The minimum atomic E-state index is -0.538. The summed E-state index contributed by atoms with van der Waals surface area (Å²) in [6, 6.07) is 1.67. The van der Waals surface area contributed by atoms with Crippen molar-refractivity contribution in [1.29, 1.82) is 0 Å². The van der Waals surface area contributed by atoms with E-state index in [4.69, 9.17) is 16.3 Å². The van der Waals surface area contributed by atoms with Gasteiger partial charge in [0.05, 0.1) is 11.2 Å². The number of piperidine rings is 1. The minimum Gasteiger partial charge on any atom is -0.368 e. The molecule has 1 amide bonds. The molecule has 1 unspecified atom stereocenters. The number of carbonyl (C=O) groups excluding carboxylic acids is 1.